The fraction of sp³-hybridized carbons (Fsp3) is 0.846. The van der Waals surface area contributed by atoms with Crippen molar-refractivity contribution in [1.29, 1.82) is 0 Å². The van der Waals surface area contributed by atoms with E-state index in [4.69, 9.17) is 10.5 Å². The van der Waals surface area contributed by atoms with Gasteiger partial charge in [-0.05, 0) is 25.7 Å². The molecule has 0 aromatic rings. The van der Waals surface area contributed by atoms with E-state index < -0.39 is 12.0 Å². The number of ether oxygens (including phenoxy) is 1. The second-order valence-electron chi connectivity index (χ2n) is 5.55. The molecule has 1 saturated heterocycles. The van der Waals surface area contributed by atoms with Crippen LogP contribution in [0.3, 0.4) is 0 Å². The van der Waals surface area contributed by atoms with E-state index in [0.717, 1.165) is 25.7 Å². The van der Waals surface area contributed by atoms with E-state index in [1.807, 2.05) is 0 Å². The van der Waals surface area contributed by atoms with Gasteiger partial charge >= 0.3 is 5.97 Å². The summed E-state index contributed by atoms with van der Waals surface area (Å²) >= 11 is 0. The molecule has 19 heavy (non-hydrogen) atoms. The largest absolute Gasteiger partial charge is 0.480 e. The fourth-order valence-electron chi connectivity index (χ4n) is 3.05. The summed E-state index contributed by atoms with van der Waals surface area (Å²) in [4.78, 5) is 25.2. The van der Waals surface area contributed by atoms with Crippen LogP contribution in [0.4, 0.5) is 0 Å². The monoisotopic (exact) mass is 270 g/mol. The molecule has 0 spiro atoms. The Morgan fingerprint density at radius 1 is 1.26 bits per heavy atom. The number of amides is 1. The average Bonchev–Trinajstić information content (AvgIpc) is 2.83. The smallest absolute Gasteiger partial charge is 0.326 e. The summed E-state index contributed by atoms with van der Waals surface area (Å²) in [7, 11) is 1.55. The van der Waals surface area contributed by atoms with Crippen LogP contribution in [-0.2, 0) is 14.3 Å². The zero-order chi connectivity index (χ0) is 14.0. The first-order valence-corrected chi connectivity index (χ1v) is 6.84. The predicted molar refractivity (Wildman–Crippen MR) is 68.5 cm³/mol. The number of carboxylic acid groups (broad SMARTS) is 1. The minimum absolute atomic E-state index is 0.0427. The summed E-state index contributed by atoms with van der Waals surface area (Å²) in [6.07, 6.45) is 3.42. The van der Waals surface area contributed by atoms with Crippen molar-refractivity contribution in [2.75, 3.05) is 13.7 Å². The quantitative estimate of drug-likeness (QED) is 0.764. The lowest BCUT2D eigenvalue weighted by molar-refractivity contribution is -0.150. The molecule has 1 aliphatic carbocycles. The number of aliphatic carboxylic acids is 1. The Bertz CT molecular complexity index is 353. The van der Waals surface area contributed by atoms with E-state index >= 15 is 0 Å². The van der Waals surface area contributed by atoms with Crippen LogP contribution in [0.1, 0.15) is 32.1 Å². The molecule has 0 radical (unpaired) electrons. The van der Waals surface area contributed by atoms with Gasteiger partial charge in [0, 0.05) is 32.0 Å². The Balaban J connectivity index is 2.02. The fourth-order valence-corrected chi connectivity index (χ4v) is 3.05. The van der Waals surface area contributed by atoms with E-state index in [9.17, 15) is 14.7 Å². The second-order valence-corrected chi connectivity index (χ2v) is 5.55. The number of nitrogens with zero attached hydrogens (tertiary/aromatic N) is 1. The Kier molecular flexibility index (Phi) is 4.42. The van der Waals surface area contributed by atoms with E-state index in [0.29, 0.717) is 13.0 Å². The SMILES string of the molecule is COC1CC(C(=O)O)N(C(=O)C2CCC(N)CC2)C1. The molecule has 6 heteroatoms. The van der Waals surface area contributed by atoms with E-state index in [1.165, 1.54) is 4.90 Å². The Morgan fingerprint density at radius 2 is 1.89 bits per heavy atom. The maximum absolute atomic E-state index is 12.4. The lowest BCUT2D eigenvalue weighted by Gasteiger charge is -2.30. The number of hydrogen-bond acceptors (Lipinski definition) is 4. The van der Waals surface area contributed by atoms with Crippen molar-refractivity contribution in [2.45, 2.75) is 50.3 Å². The molecule has 0 bridgehead atoms. The molecule has 108 valence electrons. The van der Waals surface area contributed by atoms with E-state index in [-0.39, 0.29) is 24.0 Å². The maximum Gasteiger partial charge on any atom is 0.326 e. The molecule has 2 unspecified atom stereocenters. The molecule has 6 nitrogen and oxygen atoms in total. The summed E-state index contributed by atoms with van der Waals surface area (Å²) in [6, 6.07) is -0.558. The van der Waals surface area contributed by atoms with Gasteiger partial charge in [-0.3, -0.25) is 4.79 Å². The Labute approximate surface area is 112 Å². The number of carbonyl (C=O) groups excluding carboxylic acids is 1. The molecule has 3 N–H and O–H groups in total. The highest BCUT2D eigenvalue weighted by Crippen LogP contribution is 2.29. The van der Waals surface area contributed by atoms with Gasteiger partial charge in [0.05, 0.1) is 6.10 Å². The minimum Gasteiger partial charge on any atom is -0.480 e. The number of carboxylic acids is 1. The van der Waals surface area contributed by atoms with E-state index in [1.54, 1.807) is 7.11 Å². The molecule has 1 aliphatic heterocycles. The normalized spacial score (nSPS) is 35.4. The third-order valence-electron chi connectivity index (χ3n) is 4.29. The summed E-state index contributed by atoms with van der Waals surface area (Å²) in [5.41, 5.74) is 5.83. The number of carbonyl (C=O) groups is 2. The first-order valence-electron chi connectivity index (χ1n) is 6.84. The van der Waals surface area contributed by atoms with Crippen LogP contribution in [0.5, 0.6) is 0 Å². The maximum atomic E-state index is 12.4. The van der Waals surface area contributed by atoms with Crippen molar-refractivity contribution in [3.8, 4) is 0 Å². The van der Waals surface area contributed by atoms with Crippen LogP contribution >= 0.6 is 0 Å². The van der Waals surface area contributed by atoms with Crippen molar-refractivity contribution in [3.63, 3.8) is 0 Å². The van der Waals surface area contributed by atoms with Gasteiger partial charge in [0.15, 0.2) is 0 Å². The van der Waals surface area contributed by atoms with Crippen LogP contribution in [0.15, 0.2) is 0 Å². The molecule has 2 fully saturated rings. The first kappa shape index (κ1) is 14.3. The van der Waals surface area contributed by atoms with Crippen molar-refractivity contribution in [2.24, 2.45) is 11.7 Å². The molecule has 1 heterocycles. The highest BCUT2D eigenvalue weighted by atomic mass is 16.5. The van der Waals surface area contributed by atoms with Crippen molar-refractivity contribution < 1.29 is 19.4 Å². The van der Waals surface area contributed by atoms with Crippen LogP contribution in [0.25, 0.3) is 0 Å². The summed E-state index contributed by atoms with van der Waals surface area (Å²) in [5.74, 6) is -1.06. The Hall–Kier alpha value is -1.14. The van der Waals surface area contributed by atoms with Gasteiger partial charge in [0.1, 0.15) is 6.04 Å². The molecule has 2 rings (SSSR count). The second kappa shape index (κ2) is 5.88. The molecular weight excluding hydrogens is 248 g/mol. The van der Waals surface area contributed by atoms with Crippen LogP contribution < -0.4 is 5.73 Å². The third kappa shape index (κ3) is 3.06. The van der Waals surface area contributed by atoms with Crippen molar-refractivity contribution >= 4 is 11.9 Å². The van der Waals surface area contributed by atoms with Gasteiger partial charge < -0.3 is 20.5 Å². The van der Waals surface area contributed by atoms with Gasteiger partial charge in [0.25, 0.3) is 0 Å². The molecule has 1 saturated carbocycles. The first-order chi connectivity index (χ1) is 9.02. The number of nitrogens with two attached hydrogens (primary N) is 1. The highest BCUT2D eigenvalue weighted by Gasteiger charge is 2.42. The van der Waals surface area contributed by atoms with Crippen LogP contribution in [-0.4, -0.2) is 53.7 Å². The molecule has 2 atom stereocenters. The number of rotatable bonds is 3. The molecular formula is C13H22N2O4. The van der Waals surface area contributed by atoms with E-state index in [2.05, 4.69) is 0 Å². The van der Waals surface area contributed by atoms with Gasteiger partial charge in [0.2, 0.25) is 5.91 Å². The number of methoxy groups -OCH3 is 1. The van der Waals surface area contributed by atoms with Crippen LogP contribution in [0, 0.1) is 5.92 Å². The molecule has 0 aromatic heterocycles. The summed E-state index contributed by atoms with van der Waals surface area (Å²) in [6.45, 7) is 0.384. The lowest BCUT2D eigenvalue weighted by atomic mass is 9.85. The van der Waals surface area contributed by atoms with Crippen molar-refractivity contribution in [1.82, 2.24) is 4.90 Å². The topological polar surface area (TPSA) is 92.9 Å². The third-order valence-corrected chi connectivity index (χ3v) is 4.29. The van der Waals surface area contributed by atoms with Crippen LogP contribution in [0.2, 0.25) is 0 Å². The van der Waals surface area contributed by atoms with Gasteiger partial charge in [-0.1, -0.05) is 0 Å². The molecule has 0 aromatic carbocycles. The van der Waals surface area contributed by atoms with Gasteiger partial charge in [-0.2, -0.15) is 0 Å². The predicted octanol–water partition coefficient (Wildman–Crippen LogP) is 0.204. The van der Waals surface area contributed by atoms with Gasteiger partial charge in [-0.15, -0.1) is 0 Å². The standard InChI is InChI=1S/C13H22N2O4/c1-19-10-6-11(13(17)18)15(7-10)12(16)8-2-4-9(14)5-3-8/h8-11H,2-7,14H2,1H3,(H,17,18). The Morgan fingerprint density at radius 3 is 2.42 bits per heavy atom. The highest BCUT2D eigenvalue weighted by molar-refractivity contribution is 5.86. The molecule has 1 amide bonds. The van der Waals surface area contributed by atoms with Gasteiger partial charge in [-0.25, -0.2) is 4.79 Å². The molecule has 2 aliphatic rings. The minimum atomic E-state index is -0.944. The lowest BCUT2D eigenvalue weighted by Crippen LogP contribution is -2.45. The summed E-state index contributed by atoms with van der Waals surface area (Å²) < 4.78 is 5.20. The number of hydrogen-bond donors (Lipinski definition) is 2. The zero-order valence-corrected chi connectivity index (χ0v) is 11.2. The average molecular weight is 270 g/mol. The summed E-state index contributed by atoms with van der Waals surface area (Å²) in [5, 5.41) is 9.22. The van der Waals surface area contributed by atoms with Crippen molar-refractivity contribution in [3.05, 3.63) is 0 Å². The number of likely N-dealkylation sites (tertiary alicyclic amines) is 1. The zero-order valence-electron chi connectivity index (χ0n) is 11.2.